The summed E-state index contributed by atoms with van der Waals surface area (Å²) in [5.41, 5.74) is 1.000. The lowest BCUT2D eigenvalue weighted by molar-refractivity contribution is -0.145. The number of hydrogen-bond donors (Lipinski definition) is 0. The standard InChI is InChI=1S/C17H20O3/c1-12(2)8-17(18)20-11-13-4-5-15-10-16(19-3)7-6-14(15)9-13/h4-7,9-10,12H,8,11H2,1-3H3. The van der Waals surface area contributed by atoms with E-state index in [0.29, 0.717) is 18.9 Å². The van der Waals surface area contributed by atoms with Crippen LogP contribution in [0.3, 0.4) is 0 Å². The molecular weight excluding hydrogens is 252 g/mol. The molecule has 0 saturated heterocycles. The predicted octanol–water partition coefficient (Wildman–Crippen LogP) is 3.94. The Kier molecular flexibility index (Phi) is 4.61. The second kappa shape index (κ2) is 6.42. The number of fused-ring (bicyclic) bond motifs is 1. The van der Waals surface area contributed by atoms with Gasteiger partial charge >= 0.3 is 5.97 Å². The van der Waals surface area contributed by atoms with Crippen LogP contribution in [0.4, 0.5) is 0 Å². The maximum atomic E-state index is 11.5. The molecule has 106 valence electrons. The van der Waals surface area contributed by atoms with E-state index in [4.69, 9.17) is 9.47 Å². The number of hydrogen-bond acceptors (Lipinski definition) is 3. The summed E-state index contributed by atoms with van der Waals surface area (Å²) >= 11 is 0. The summed E-state index contributed by atoms with van der Waals surface area (Å²) in [6.45, 7) is 4.34. The Labute approximate surface area is 119 Å². The van der Waals surface area contributed by atoms with E-state index in [1.807, 2.05) is 50.2 Å². The minimum Gasteiger partial charge on any atom is -0.497 e. The normalized spacial score (nSPS) is 10.8. The van der Waals surface area contributed by atoms with Crippen molar-refractivity contribution in [3.05, 3.63) is 42.0 Å². The second-order valence-electron chi connectivity index (χ2n) is 5.31. The molecule has 2 rings (SSSR count). The highest BCUT2D eigenvalue weighted by molar-refractivity contribution is 5.84. The number of carbonyl (C=O) groups excluding carboxylic acids is 1. The van der Waals surface area contributed by atoms with E-state index < -0.39 is 0 Å². The molecule has 0 fully saturated rings. The molecule has 0 N–H and O–H groups in total. The van der Waals surface area contributed by atoms with Gasteiger partial charge in [-0.3, -0.25) is 4.79 Å². The first-order chi connectivity index (χ1) is 9.58. The fourth-order valence-electron chi connectivity index (χ4n) is 2.05. The highest BCUT2D eigenvalue weighted by atomic mass is 16.5. The van der Waals surface area contributed by atoms with Crippen LogP contribution in [-0.2, 0) is 16.1 Å². The van der Waals surface area contributed by atoms with Crippen LogP contribution in [-0.4, -0.2) is 13.1 Å². The fraction of sp³-hybridized carbons (Fsp3) is 0.353. The summed E-state index contributed by atoms with van der Waals surface area (Å²) in [6, 6.07) is 12.0. The Morgan fingerprint density at radius 1 is 1.10 bits per heavy atom. The van der Waals surface area contributed by atoms with Crippen LogP contribution in [0.1, 0.15) is 25.8 Å². The zero-order chi connectivity index (χ0) is 14.5. The van der Waals surface area contributed by atoms with Gasteiger partial charge in [0.2, 0.25) is 0 Å². The molecule has 0 saturated carbocycles. The summed E-state index contributed by atoms with van der Waals surface area (Å²) in [4.78, 5) is 11.5. The van der Waals surface area contributed by atoms with Crippen molar-refractivity contribution in [1.29, 1.82) is 0 Å². The third-order valence-corrected chi connectivity index (χ3v) is 3.09. The molecule has 2 aromatic rings. The van der Waals surface area contributed by atoms with Crippen LogP contribution in [0.15, 0.2) is 36.4 Å². The second-order valence-corrected chi connectivity index (χ2v) is 5.31. The zero-order valence-corrected chi connectivity index (χ0v) is 12.2. The molecule has 3 heteroatoms. The molecule has 0 heterocycles. The summed E-state index contributed by atoms with van der Waals surface area (Å²) < 4.78 is 10.5. The van der Waals surface area contributed by atoms with Crippen LogP contribution in [0, 0.1) is 5.92 Å². The SMILES string of the molecule is COc1ccc2cc(COC(=O)CC(C)C)ccc2c1. The van der Waals surface area contributed by atoms with E-state index in [1.165, 1.54) is 0 Å². The van der Waals surface area contributed by atoms with Crippen LogP contribution >= 0.6 is 0 Å². The van der Waals surface area contributed by atoms with E-state index in [-0.39, 0.29) is 5.97 Å². The van der Waals surface area contributed by atoms with Crippen molar-refractivity contribution in [2.45, 2.75) is 26.9 Å². The molecule has 0 atom stereocenters. The summed E-state index contributed by atoms with van der Waals surface area (Å²) in [5, 5.41) is 2.23. The largest absolute Gasteiger partial charge is 0.497 e. The predicted molar refractivity (Wildman–Crippen MR) is 79.8 cm³/mol. The van der Waals surface area contributed by atoms with Crippen LogP contribution in [0.25, 0.3) is 10.8 Å². The van der Waals surface area contributed by atoms with Gasteiger partial charge in [0.1, 0.15) is 12.4 Å². The van der Waals surface area contributed by atoms with E-state index in [9.17, 15) is 4.79 Å². The molecule has 3 nitrogen and oxygen atoms in total. The Balaban J connectivity index is 2.06. The van der Waals surface area contributed by atoms with Gasteiger partial charge < -0.3 is 9.47 Å². The molecule has 2 aromatic carbocycles. The van der Waals surface area contributed by atoms with Gasteiger partial charge in [-0.2, -0.15) is 0 Å². The van der Waals surface area contributed by atoms with Gasteiger partial charge in [0, 0.05) is 6.42 Å². The number of ether oxygens (including phenoxy) is 2. The number of carbonyl (C=O) groups is 1. The smallest absolute Gasteiger partial charge is 0.306 e. The summed E-state index contributed by atoms with van der Waals surface area (Å²) in [5.74, 6) is 1.02. The molecule has 0 bridgehead atoms. The van der Waals surface area contributed by atoms with E-state index in [2.05, 4.69) is 0 Å². The molecule has 0 aliphatic rings. The molecule has 0 spiro atoms. The third-order valence-electron chi connectivity index (χ3n) is 3.09. The highest BCUT2D eigenvalue weighted by Gasteiger charge is 2.06. The van der Waals surface area contributed by atoms with E-state index in [0.717, 1.165) is 22.1 Å². The Hall–Kier alpha value is -2.03. The lowest BCUT2D eigenvalue weighted by Gasteiger charge is -2.08. The Bertz CT molecular complexity index is 602. The third kappa shape index (κ3) is 3.73. The topological polar surface area (TPSA) is 35.5 Å². The maximum Gasteiger partial charge on any atom is 0.306 e. The molecule has 0 aliphatic carbocycles. The monoisotopic (exact) mass is 272 g/mol. The van der Waals surface area contributed by atoms with E-state index in [1.54, 1.807) is 7.11 Å². The Morgan fingerprint density at radius 2 is 1.80 bits per heavy atom. The fourth-order valence-corrected chi connectivity index (χ4v) is 2.05. The number of esters is 1. The van der Waals surface area contributed by atoms with Crippen LogP contribution in [0.5, 0.6) is 5.75 Å². The van der Waals surface area contributed by atoms with Gasteiger partial charge in [-0.25, -0.2) is 0 Å². The van der Waals surface area contributed by atoms with Crippen molar-refractivity contribution >= 4 is 16.7 Å². The molecule has 20 heavy (non-hydrogen) atoms. The molecular formula is C17H20O3. The average molecular weight is 272 g/mol. The first kappa shape index (κ1) is 14.4. The van der Waals surface area contributed by atoms with Gasteiger partial charge in [-0.15, -0.1) is 0 Å². The molecule has 0 aromatic heterocycles. The lowest BCUT2D eigenvalue weighted by atomic mass is 10.1. The zero-order valence-electron chi connectivity index (χ0n) is 12.2. The van der Waals surface area contributed by atoms with E-state index >= 15 is 0 Å². The van der Waals surface area contributed by atoms with Crippen LogP contribution < -0.4 is 4.74 Å². The van der Waals surface area contributed by atoms with Crippen molar-refractivity contribution in [2.24, 2.45) is 5.92 Å². The molecule has 0 amide bonds. The minimum absolute atomic E-state index is 0.144. The summed E-state index contributed by atoms with van der Waals surface area (Å²) in [6.07, 6.45) is 0.463. The van der Waals surface area contributed by atoms with Crippen LogP contribution in [0.2, 0.25) is 0 Å². The number of methoxy groups -OCH3 is 1. The average Bonchev–Trinajstić information content (AvgIpc) is 2.43. The van der Waals surface area contributed by atoms with Gasteiger partial charge in [0.05, 0.1) is 7.11 Å². The molecule has 0 aliphatic heterocycles. The minimum atomic E-state index is -0.144. The van der Waals surface area contributed by atoms with Gasteiger partial charge in [-0.05, 0) is 40.5 Å². The van der Waals surface area contributed by atoms with Gasteiger partial charge in [0.15, 0.2) is 0 Å². The van der Waals surface area contributed by atoms with Gasteiger partial charge in [-0.1, -0.05) is 32.0 Å². The lowest BCUT2D eigenvalue weighted by Crippen LogP contribution is -2.07. The van der Waals surface area contributed by atoms with Gasteiger partial charge in [0.25, 0.3) is 0 Å². The van der Waals surface area contributed by atoms with Crippen molar-refractivity contribution < 1.29 is 14.3 Å². The maximum absolute atomic E-state index is 11.5. The molecule has 0 unspecified atom stereocenters. The quantitative estimate of drug-likeness (QED) is 0.773. The van der Waals surface area contributed by atoms with Crippen molar-refractivity contribution in [2.75, 3.05) is 7.11 Å². The number of benzene rings is 2. The molecule has 0 radical (unpaired) electrons. The van der Waals surface area contributed by atoms with Crippen molar-refractivity contribution in [1.82, 2.24) is 0 Å². The first-order valence-corrected chi connectivity index (χ1v) is 6.81. The Morgan fingerprint density at radius 3 is 2.50 bits per heavy atom. The summed E-state index contributed by atoms with van der Waals surface area (Å²) in [7, 11) is 1.66. The van der Waals surface area contributed by atoms with Crippen molar-refractivity contribution in [3.63, 3.8) is 0 Å². The number of rotatable bonds is 5. The highest BCUT2D eigenvalue weighted by Crippen LogP contribution is 2.22. The van der Waals surface area contributed by atoms with Crippen molar-refractivity contribution in [3.8, 4) is 5.75 Å². The first-order valence-electron chi connectivity index (χ1n) is 6.81.